The van der Waals surface area contributed by atoms with Crippen LogP contribution in [0.5, 0.6) is 144 Å². The van der Waals surface area contributed by atoms with E-state index in [0.29, 0.717) is 60.7 Å². The highest BCUT2D eigenvalue weighted by Crippen LogP contribution is 2.56. The lowest BCUT2D eigenvalue weighted by atomic mass is 9.91. The second-order valence-electron chi connectivity index (χ2n) is 24.0. The summed E-state index contributed by atoms with van der Waals surface area (Å²) in [5.74, 6) is -48.7. The second kappa shape index (κ2) is 29.7. The van der Waals surface area contributed by atoms with Gasteiger partial charge in [0.2, 0.25) is 41.7 Å². The molecule has 11 rings (SSSR count). The van der Waals surface area contributed by atoms with Crippen molar-refractivity contribution in [3.8, 4) is 155 Å². The molecule has 0 spiro atoms. The SMILES string of the molecule is O=C(OCC1OC(OC(=O)c2cc(O)c(O)c(O)c2)C(OC(=O)c2cc(O)c(O)c(O)c2Oc2cc3c(c(O)c2O)-c2c(cc(O)c(O)c2O)C(=O)OC2C(COC3=O)OC(OC(=O)c3cc(O)c(O)c(O)c3)C(OC(=O)c3cc(O)c(O)c(O)c3)C2OC(=O)c2cc(O)c(O)c(O)c2)C(O)C1O)c1cc(O)c(O)c(O)c1. The van der Waals surface area contributed by atoms with Crippen molar-refractivity contribution in [1.29, 1.82) is 0 Å². The first-order valence-corrected chi connectivity index (χ1v) is 31.0. The van der Waals surface area contributed by atoms with Gasteiger partial charge in [0, 0.05) is 23.3 Å². The summed E-state index contributed by atoms with van der Waals surface area (Å²) in [6, 6.07) is 5.55. The highest BCUT2D eigenvalue weighted by molar-refractivity contribution is 6.09. The van der Waals surface area contributed by atoms with Gasteiger partial charge in [0.05, 0.1) is 38.9 Å². The molecule has 0 saturated carbocycles. The number of phenolic OH excluding ortho intramolecular Hbond substituents is 23. The van der Waals surface area contributed by atoms with E-state index < -0.39 is 322 Å². The molecule has 0 aromatic heterocycles. The van der Waals surface area contributed by atoms with E-state index in [1.54, 1.807) is 0 Å². The number of fused-ring (bicyclic) bond motifs is 4. The Morgan fingerprint density at radius 2 is 0.705 bits per heavy atom. The van der Waals surface area contributed by atoms with E-state index in [-0.39, 0.29) is 18.2 Å². The van der Waals surface area contributed by atoms with E-state index in [9.17, 15) is 156 Å². The van der Waals surface area contributed by atoms with Gasteiger partial charge in [-0.3, -0.25) is 0 Å². The summed E-state index contributed by atoms with van der Waals surface area (Å²) < 4.78 is 61.1. The number of aromatic hydroxyl groups is 23. The molecule has 10 atom stereocenters. The number of benzene rings is 8. The summed E-state index contributed by atoms with van der Waals surface area (Å²) in [7, 11) is 0. The zero-order valence-electron chi connectivity index (χ0n) is 55.1. The number of ether oxygens (including phenoxy) is 11. The molecule has 2 fully saturated rings. The standard InChI is InChI=1S/C68H52O44/c69-24-1-16(2-25(70)41(24)81)59(94)102-14-37-49(89)53(93)56(67(105-37)111-62(97)19-7-30(75)44(84)31(76)8-19)108-66(101)23-12-35(80)47(87)52(92)54(23)104-36-13-22-40(51(91)48(36)88)39-21(11-34(79)46(86)50(39)90)65(100)107-55-38(15-103-64(22)99)106-68(112-63(98)20-9-32(77)45(85)33(78)10-20)58(110-61(96)18-5-28(73)43(83)29(74)6-18)57(55)109-60(95)17-3-26(71)42(82)27(72)4-17/h1-13,37-38,49,53,55-58,67-93H,14-15H2. The third-order valence-electron chi connectivity index (χ3n) is 16.8. The predicted octanol–water partition coefficient (Wildman–Crippen LogP) is 1.79. The summed E-state index contributed by atoms with van der Waals surface area (Å²) in [5, 5.41) is 267. The first-order valence-electron chi connectivity index (χ1n) is 31.0. The monoisotopic (exact) mass is 1570 g/mol. The smallest absolute Gasteiger partial charge is 0.342 e. The molecule has 44 heteroatoms. The number of hydrogen-bond donors (Lipinski definition) is 25. The highest BCUT2D eigenvalue weighted by atomic mass is 16.8. The number of aliphatic hydroxyl groups is 2. The Morgan fingerprint density at radius 3 is 1.15 bits per heavy atom. The number of carbonyl (C=O) groups excluding carboxylic acids is 8. The van der Waals surface area contributed by atoms with Crippen LogP contribution in [0, 0.1) is 0 Å². The average molecular weight is 1570 g/mol. The maximum atomic E-state index is 15.1. The minimum absolute atomic E-state index is 0.190. The zero-order chi connectivity index (χ0) is 82.0. The van der Waals surface area contributed by atoms with Gasteiger partial charge in [-0.1, -0.05) is 0 Å². The Labute approximate surface area is 617 Å². The van der Waals surface area contributed by atoms with Crippen molar-refractivity contribution >= 4 is 47.8 Å². The number of esters is 8. The van der Waals surface area contributed by atoms with E-state index in [2.05, 4.69) is 0 Å². The first-order chi connectivity index (χ1) is 52.6. The summed E-state index contributed by atoms with van der Waals surface area (Å²) in [5.41, 5.74) is -11.4. The van der Waals surface area contributed by atoms with Gasteiger partial charge in [-0.15, -0.1) is 0 Å². The fraction of sp³-hybridized carbons (Fsp3) is 0.176. The number of rotatable bonds is 15. The van der Waals surface area contributed by atoms with Crippen molar-refractivity contribution in [2.45, 2.75) is 61.4 Å². The summed E-state index contributed by atoms with van der Waals surface area (Å²) >= 11 is 0. The molecule has 44 nitrogen and oxygen atoms in total. The van der Waals surface area contributed by atoms with E-state index in [4.69, 9.17) is 52.1 Å². The van der Waals surface area contributed by atoms with Gasteiger partial charge in [0.1, 0.15) is 43.2 Å². The Kier molecular flexibility index (Phi) is 20.6. The molecule has 0 amide bonds. The molecule has 8 aromatic rings. The molecule has 0 radical (unpaired) electrons. The van der Waals surface area contributed by atoms with Crippen molar-refractivity contribution in [2.24, 2.45) is 0 Å². The molecule has 25 N–H and O–H groups in total. The minimum Gasteiger partial charge on any atom is -0.504 e. The molecular weight excluding hydrogens is 1520 g/mol. The van der Waals surface area contributed by atoms with Gasteiger partial charge in [0.15, 0.2) is 139 Å². The summed E-state index contributed by atoms with van der Waals surface area (Å²) in [6.07, 6.45) is -26.1. The zero-order valence-corrected chi connectivity index (χ0v) is 55.1. The van der Waals surface area contributed by atoms with Crippen LogP contribution in [0.4, 0.5) is 0 Å². The molecule has 0 bridgehead atoms. The summed E-state index contributed by atoms with van der Waals surface area (Å²) in [6.45, 7) is -2.78. The molecule has 10 unspecified atom stereocenters. The van der Waals surface area contributed by atoms with Crippen molar-refractivity contribution < 1.29 is 218 Å². The van der Waals surface area contributed by atoms with Crippen LogP contribution >= 0.6 is 0 Å². The van der Waals surface area contributed by atoms with E-state index in [1.807, 2.05) is 0 Å². The number of aliphatic hydroxyl groups excluding tert-OH is 2. The van der Waals surface area contributed by atoms with Crippen LogP contribution in [0.3, 0.4) is 0 Å². The Balaban J connectivity index is 0.997. The maximum absolute atomic E-state index is 15.1. The van der Waals surface area contributed by atoms with Gasteiger partial charge in [-0.05, 0) is 66.7 Å². The number of cyclic esters (lactones) is 1. The van der Waals surface area contributed by atoms with Crippen LogP contribution in [0.15, 0.2) is 78.9 Å². The van der Waals surface area contributed by atoms with Crippen LogP contribution in [0.2, 0.25) is 0 Å². The van der Waals surface area contributed by atoms with Gasteiger partial charge >= 0.3 is 47.8 Å². The molecule has 3 aliphatic rings. The second-order valence-corrected chi connectivity index (χ2v) is 24.0. The van der Waals surface area contributed by atoms with Crippen molar-refractivity contribution in [3.63, 3.8) is 0 Å². The maximum Gasteiger partial charge on any atom is 0.342 e. The first kappa shape index (κ1) is 77.7. The molecule has 3 heterocycles. The highest BCUT2D eigenvalue weighted by Gasteiger charge is 2.56. The van der Waals surface area contributed by atoms with Gasteiger partial charge in [0.25, 0.3) is 0 Å². The van der Waals surface area contributed by atoms with Gasteiger partial charge in [-0.25, -0.2) is 38.4 Å². The Morgan fingerprint density at radius 1 is 0.348 bits per heavy atom. The number of phenols is 23. The fourth-order valence-electron chi connectivity index (χ4n) is 11.1. The average Bonchev–Trinajstić information content (AvgIpc) is 1.17. The third kappa shape index (κ3) is 14.5. The van der Waals surface area contributed by atoms with E-state index in [0.717, 1.165) is 0 Å². The van der Waals surface area contributed by atoms with Gasteiger partial charge in [-0.2, -0.15) is 0 Å². The normalized spacial score (nSPS) is 19.9. The minimum atomic E-state index is -2.80. The van der Waals surface area contributed by atoms with Crippen LogP contribution in [-0.4, -0.2) is 250 Å². The van der Waals surface area contributed by atoms with Crippen molar-refractivity contribution in [1.82, 2.24) is 0 Å². The Bertz CT molecular complexity index is 5160. The summed E-state index contributed by atoms with van der Waals surface area (Å²) in [4.78, 5) is 114. The van der Waals surface area contributed by atoms with Gasteiger partial charge < -0.3 is 180 Å². The molecule has 8 aromatic carbocycles. The van der Waals surface area contributed by atoms with E-state index in [1.165, 1.54) is 0 Å². The lowest BCUT2D eigenvalue weighted by Crippen LogP contribution is -2.63. The quantitative estimate of drug-likeness (QED) is 0.0395. The predicted molar refractivity (Wildman–Crippen MR) is 346 cm³/mol. The molecule has 0 aliphatic carbocycles. The molecule has 2 saturated heterocycles. The van der Waals surface area contributed by atoms with Crippen LogP contribution in [0.1, 0.15) is 82.9 Å². The van der Waals surface area contributed by atoms with Crippen molar-refractivity contribution in [2.75, 3.05) is 13.2 Å². The van der Waals surface area contributed by atoms with Crippen LogP contribution in [-0.2, 0) is 47.4 Å². The van der Waals surface area contributed by atoms with Crippen LogP contribution in [0.25, 0.3) is 11.1 Å². The lowest BCUT2D eigenvalue weighted by molar-refractivity contribution is -0.284. The molecule has 588 valence electrons. The Hall–Kier alpha value is -15.4. The topological polar surface area (TPSA) is 744 Å². The molecule has 112 heavy (non-hydrogen) atoms. The lowest BCUT2D eigenvalue weighted by Gasteiger charge is -2.43. The third-order valence-corrected chi connectivity index (χ3v) is 16.8. The molecular formula is C68H52O44. The number of carbonyl (C=O) groups is 8. The van der Waals surface area contributed by atoms with E-state index >= 15 is 9.59 Å². The fourth-order valence-corrected chi connectivity index (χ4v) is 11.1. The van der Waals surface area contributed by atoms with Crippen LogP contribution < -0.4 is 4.74 Å². The largest absolute Gasteiger partial charge is 0.504 e. The molecule has 3 aliphatic heterocycles. The number of hydrogen-bond acceptors (Lipinski definition) is 44. The van der Waals surface area contributed by atoms with Crippen molar-refractivity contribution in [3.05, 3.63) is 123 Å².